The first-order valence-electron chi connectivity index (χ1n) is 9.20. The van der Waals surface area contributed by atoms with Crippen LogP contribution in [0.25, 0.3) is 22.4 Å². The minimum absolute atomic E-state index is 0.0280. The van der Waals surface area contributed by atoms with Gasteiger partial charge in [-0.25, -0.2) is 12.7 Å². The summed E-state index contributed by atoms with van der Waals surface area (Å²) in [7, 11) is -0.683. The van der Waals surface area contributed by atoms with Crippen LogP contribution in [-0.4, -0.2) is 53.7 Å². The third-order valence-corrected chi connectivity index (χ3v) is 7.08. The van der Waals surface area contributed by atoms with Crippen LogP contribution < -0.4 is 5.32 Å². The van der Waals surface area contributed by atoms with Crippen LogP contribution in [0.1, 0.15) is 0 Å². The van der Waals surface area contributed by atoms with Crippen molar-refractivity contribution in [3.63, 3.8) is 0 Å². The number of carbonyl (C=O) groups excluding carboxylic acids is 1. The van der Waals surface area contributed by atoms with Gasteiger partial charge in [-0.05, 0) is 24.3 Å². The molecule has 31 heavy (non-hydrogen) atoms. The SMILES string of the molecule is CN(C)S(=O)(=O)c1cccc(NC(=O)CSc2nnc(-c3c[nH]c4ccccc34)o2)c1. The van der Waals surface area contributed by atoms with Gasteiger partial charge in [0.1, 0.15) is 0 Å². The van der Waals surface area contributed by atoms with E-state index >= 15 is 0 Å². The lowest BCUT2D eigenvalue weighted by molar-refractivity contribution is -0.113. The number of amides is 1. The molecule has 0 saturated carbocycles. The summed E-state index contributed by atoms with van der Waals surface area (Å²) in [5.74, 6) is 0.0679. The van der Waals surface area contributed by atoms with E-state index in [0.717, 1.165) is 32.5 Å². The fourth-order valence-electron chi connectivity index (χ4n) is 2.89. The summed E-state index contributed by atoms with van der Waals surface area (Å²) >= 11 is 1.10. The summed E-state index contributed by atoms with van der Waals surface area (Å²) in [6.45, 7) is 0. The Morgan fingerprint density at radius 2 is 1.97 bits per heavy atom. The normalized spacial score (nSPS) is 11.8. The van der Waals surface area contributed by atoms with Crippen molar-refractivity contribution in [2.45, 2.75) is 10.1 Å². The van der Waals surface area contributed by atoms with Crippen LogP contribution in [0.15, 0.2) is 69.3 Å². The number of nitrogens with zero attached hydrogens (tertiary/aromatic N) is 3. The van der Waals surface area contributed by atoms with Gasteiger partial charge in [0.15, 0.2) is 0 Å². The van der Waals surface area contributed by atoms with Gasteiger partial charge < -0.3 is 14.7 Å². The molecule has 0 aliphatic carbocycles. The third-order valence-electron chi connectivity index (χ3n) is 4.45. The van der Waals surface area contributed by atoms with Gasteiger partial charge in [0.2, 0.25) is 15.9 Å². The molecular weight excluding hydrogens is 438 g/mol. The summed E-state index contributed by atoms with van der Waals surface area (Å²) in [4.78, 5) is 15.6. The maximum absolute atomic E-state index is 12.3. The van der Waals surface area contributed by atoms with Crippen LogP contribution in [0.4, 0.5) is 5.69 Å². The van der Waals surface area contributed by atoms with Crippen LogP contribution in [0, 0.1) is 0 Å². The number of carbonyl (C=O) groups is 1. The molecule has 0 fully saturated rings. The van der Waals surface area contributed by atoms with Gasteiger partial charge in [-0.15, -0.1) is 10.2 Å². The lowest BCUT2D eigenvalue weighted by Crippen LogP contribution is -2.22. The van der Waals surface area contributed by atoms with E-state index in [4.69, 9.17) is 4.42 Å². The lowest BCUT2D eigenvalue weighted by Gasteiger charge is -2.12. The number of H-pyrrole nitrogens is 1. The summed E-state index contributed by atoms with van der Waals surface area (Å²) in [6.07, 6.45) is 1.80. The van der Waals surface area contributed by atoms with Crippen molar-refractivity contribution in [1.29, 1.82) is 0 Å². The van der Waals surface area contributed by atoms with Gasteiger partial charge in [-0.2, -0.15) is 0 Å². The Morgan fingerprint density at radius 3 is 2.77 bits per heavy atom. The van der Waals surface area contributed by atoms with E-state index in [0.29, 0.717) is 11.6 Å². The molecule has 1 amide bonds. The van der Waals surface area contributed by atoms with E-state index < -0.39 is 10.0 Å². The molecule has 2 aromatic heterocycles. The molecule has 0 radical (unpaired) electrons. The molecule has 2 N–H and O–H groups in total. The van der Waals surface area contributed by atoms with Gasteiger partial charge in [-0.3, -0.25) is 4.79 Å². The first-order valence-corrected chi connectivity index (χ1v) is 11.6. The van der Waals surface area contributed by atoms with Crippen LogP contribution in [-0.2, 0) is 14.8 Å². The second kappa shape index (κ2) is 8.53. The number of benzene rings is 2. The van der Waals surface area contributed by atoms with Gasteiger partial charge in [0.05, 0.1) is 16.2 Å². The number of fused-ring (bicyclic) bond motifs is 1. The predicted octanol–water partition coefficient (Wildman–Crippen LogP) is 3.20. The van der Waals surface area contributed by atoms with E-state index in [9.17, 15) is 13.2 Å². The van der Waals surface area contributed by atoms with Crippen molar-refractivity contribution in [1.82, 2.24) is 19.5 Å². The topological polar surface area (TPSA) is 121 Å². The smallest absolute Gasteiger partial charge is 0.277 e. The van der Waals surface area contributed by atoms with E-state index in [1.165, 1.54) is 26.2 Å². The molecule has 9 nitrogen and oxygen atoms in total. The summed E-state index contributed by atoms with van der Waals surface area (Å²) in [6, 6.07) is 13.9. The Hall–Kier alpha value is -3.15. The maximum Gasteiger partial charge on any atom is 0.277 e. The molecular formula is C20H19N5O4S2. The fourth-order valence-corrected chi connectivity index (χ4v) is 4.41. The summed E-state index contributed by atoms with van der Waals surface area (Å²) < 4.78 is 31.3. The maximum atomic E-state index is 12.3. The van der Waals surface area contributed by atoms with E-state index in [1.807, 2.05) is 24.3 Å². The predicted molar refractivity (Wildman–Crippen MR) is 118 cm³/mol. The van der Waals surface area contributed by atoms with Gasteiger partial charge in [-0.1, -0.05) is 36.0 Å². The Morgan fingerprint density at radius 1 is 1.16 bits per heavy atom. The quantitative estimate of drug-likeness (QED) is 0.409. The third kappa shape index (κ3) is 4.48. The number of hydrogen-bond acceptors (Lipinski definition) is 7. The molecule has 0 spiro atoms. The molecule has 160 valence electrons. The highest BCUT2D eigenvalue weighted by molar-refractivity contribution is 7.99. The second-order valence-corrected chi connectivity index (χ2v) is 9.85. The monoisotopic (exact) mass is 457 g/mol. The molecule has 4 rings (SSSR count). The van der Waals surface area contributed by atoms with Crippen molar-refractivity contribution in [3.8, 4) is 11.5 Å². The van der Waals surface area contributed by atoms with Crippen molar-refractivity contribution < 1.29 is 17.6 Å². The van der Waals surface area contributed by atoms with Crippen molar-refractivity contribution in [2.75, 3.05) is 25.2 Å². The summed E-state index contributed by atoms with van der Waals surface area (Å²) in [5, 5.41) is 12.0. The minimum atomic E-state index is -3.58. The van der Waals surface area contributed by atoms with E-state index in [2.05, 4.69) is 20.5 Å². The molecule has 0 aliphatic rings. The zero-order valence-corrected chi connectivity index (χ0v) is 18.3. The number of aromatic amines is 1. The number of sulfonamides is 1. The Labute approximate surface area is 182 Å². The number of anilines is 1. The first kappa shape index (κ1) is 21.1. The molecule has 0 aliphatic heterocycles. The van der Waals surface area contributed by atoms with Crippen molar-refractivity contribution in [2.24, 2.45) is 0 Å². The van der Waals surface area contributed by atoms with Crippen molar-refractivity contribution in [3.05, 3.63) is 54.7 Å². The Kier molecular flexibility index (Phi) is 5.81. The van der Waals surface area contributed by atoms with Crippen LogP contribution >= 0.6 is 11.8 Å². The van der Waals surface area contributed by atoms with Crippen LogP contribution in [0.5, 0.6) is 0 Å². The number of hydrogen-bond donors (Lipinski definition) is 2. The highest BCUT2D eigenvalue weighted by Crippen LogP contribution is 2.29. The zero-order valence-electron chi connectivity index (χ0n) is 16.7. The van der Waals surface area contributed by atoms with Crippen molar-refractivity contribution >= 4 is 44.3 Å². The molecule has 11 heteroatoms. The number of aromatic nitrogens is 3. The zero-order chi connectivity index (χ0) is 22.0. The first-order chi connectivity index (χ1) is 14.8. The summed E-state index contributed by atoms with van der Waals surface area (Å²) in [5.41, 5.74) is 2.14. The number of para-hydroxylation sites is 1. The molecule has 0 bridgehead atoms. The van der Waals surface area contributed by atoms with Crippen LogP contribution in [0.3, 0.4) is 0 Å². The highest BCUT2D eigenvalue weighted by atomic mass is 32.2. The molecule has 0 saturated heterocycles. The van der Waals surface area contributed by atoms with Gasteiger partial charge in [0.25, 0.3) is 11.1 Å². The molecule has 0 atom stereocenters. The largest absolute Gasteiger partial charge is 0.411 e. The highest BCUT2D eigenvalue weighted by Gasteiger charge is 2.18. The fraction of sp³-hybridized carbons (Fsp3) is 0.150. The van der Waals surface area contributed by atoms with Gasteiger partial charge >= 0.3 is 0 Å². The standard InChI is InChI=1S/C20H19N5O4S2/c1-25(2)31(27,28)14-7-5-6-13(10-14)22-18(26)12-30-20-24-23-19(29-20)16-11-21-17-9-4-3-8-15(16)17/h3-11,21H,12H2,1-2H3,(H,22,26). The van der Waals surface area contributed by atoms with Crippen LogP contribution in [0.2, 0.25) is 0 Å². The molecule has 0 unspecified atom stereocenters. The number of nitrogens with one attached hydrogen (secondary N) is 2. The second-order valence-electron chi connectivity index (χ2n) is 6.77. The van der Waals surface area contributed by atoms with Gasteiger partial charge in [0, 0.05) is 36.9 Å². The molecule has 4 aromatic rings. The number of rotatable bonds is 7. The average Bonchev–Trinajstić information content (AvgIpc) is 3.39. The molecule has 2 aromatic carbocycles. The lowest BCUT2D eigenvalue weighted by atomic mass is 10.2. The van der Waals surface area contributed by atoms with E-state index in [1.54, 1.807) is 18.3 Å². The molecule has 2 heterocycles. The van der Waals surface area contributed by atoms with E-state index in [-0.39, 0.29) is 21.8 Å². The Bertz CT molecular complexity index is 1340. The number of thioether (sulfide) groups is 1. The average molecular weight is 458 g/mol. The minimum Gasteiger partial charge on any atom is -0.411 e. The Balaban J connectivity index is 1.40.